The van der Waals surface area contributed by atoms with Crippen LogP contribution in [0.15, 0.2) is 48.8 Å². The lowest BCUT2D eigenvalue weighted by molar-refractivity contribution is 0.580. The van der Waals surface area contributed by atoms with Crippen LogP contribution >= 0.6 is 0 Å². The highest BCUT2D eigenvalue weighted by atomic mass is 32.2. The Morgan fingerprint density at radius 1 is 1.11 bits per heavy atom. The van der Waals surface area contributed by atoms with Gasteiger partial charge in [0.15, 0.2) is 0 Å². The van der Waals surface area contributed by atoms with Gasteiger partial charge in [0.25, 0.3) is 0 Å². The molecule has 0 saturated heterocycles. The van der Waals surface area contributed by atoms with Crippen molar-refractivity contribution in [2.75, 3.05) is 5.75 Å². The molecule has 1 heterocycles. The van der Waals surface area contributed by atoms with Gasteiger partial charge >= 0.3 is 0 Å². The van der Waals surface area contributed by atoms with E-state index in [-0.39, 0.29) is 5.75 Å². The highest BCUT2D eigenvalue weighted by Crippen LogP contribution is 2.03. The molecule has 0 atom stereocenters. The number of sulfonamides is 1. The molecule has 1 aromatic heterocycles. The topological polar surface area (TPSA) is 51.1 Å². The summed E-state index contributed by atoms with van der Waals surface area (Å²) < 4.78 is 28.2. The summed E-state index contributed by atoms with van der Waals surface area (Å²) in [6.45, 7) is 0.345. The van der Waals surface area contributed by atoms with Crippen molar-refractivity contribution < 1.29 is 8.42 Å². The first-order valence-corrected chi connectivity index (χ1v) is 7.82. The molecule has 0 fully saturated rings. The van der Waals surface area contributed by atoms with E-state index in [1.807, 2.05) is 60.4 Å². The third-order valence-electron chi connectivity index (χ3n) is 2.89. The summed E-state index contributed by atoms with van der Waals surface area (Å²) in [6.07, 6.45) is 4.33. The second kappa shape index (κ2) is 6.04. The maximum absolute atomic E-state index is 11.9. The molecule has 1 N–H and O–H groups in total. The van der Waals surface area contributed by atoms with Crippen LogP contribution in [0.1, 0.15) is 11.1 Å². The maximum atomic E-state index is 11.9. The van der Waals surface area contributed by atoms with E-state index in [1.54, 1.807) is 0 Å². The summed E-state index contributed by atoms with van der Waals surface area (Å²) in [6, 6.07) is 11.5. The normalized spacial score (nSPS) is 11.6. The highest BCUT2D eigenvalue weighted by Gasteiger charge is 2.10. The summed E-state index contributed by atoms with van der Waals surface area (Å²) in [7, 11) is -1.32. The lowest BCUT2D eigenvalue weighted by atomic mass is 10.2. The van der Waals surface area contributed by atoms with Crippen molar-refractivity contribution in [3.63, 3.8) is 0 Å². The minimum atomic E-state index is -3.23. The SMILES string of the molecule is Cn1ccc(CNS(=O)(=O)CCc2ccccc2)c1. The molecule has 1 aromatic carbocycles. The molecule has 0 aliphatic heterocycles. The first-order chi connectivity index (χ1) is 9.05. The molecule has 0 aliphatic rings. The predicted octanol–water partition coefficient (Wildman–Crippen LogP) is 1.69. The van der Waals surface area contributed by atoms with Crippen molar-refractivity contribution >= 4 is 10.0 Å². The van der Waals surface area contributed by atoms with E-state index in [2.05, 4.69) is 4.72 Å². The van der Waals surface area contributed by atoms with Gasteiger partial charge in [-0.1, -0.05) is 30.3 Å². The summed E-state index contributed by atoms with van der Waals surface area (Å²) >= 11 is 0. The largest absolute Gasteiger partial charge is 0.357 e. The molecule has 2 aromatic rings. The molecule has 0 spiro atoms. The van der Waals surface area contributed by atoms with Crippen LogP contribution in [0.25, 0.3) is 0 Å². The van der Waals surface area contributed by atoms with Gasteiger partial charge in [-0.3, -0.25) is 0 Å². The minimum Gasteiger partial charge on any atom is -0.357 e. The molecule has 19 heavy (non-hydrogen) atoms. The molecule has 0 amide bonds. The Morgan fingerprint density at radius 2 is 1.84 bits per heavy atom. The second-order valence-electron chi connectivity index (χ2n) is 4.56. The number of hydrogen-bond donors (Lipinski definition) is 1. The van der Waals surface area contributed by atoms with Crippen molar-refractivity contribution in [2.45, 2.75) is 13.0 Å². The molecule has 5 heteroatoms. The van der Waals surface area contributed by atoms with E-state index in [4.69, 9.17) is 0 Å². The van der Waals surface area contributed by atoms with Crippen LogP contribution in [0, 0.1) is 0 Å². The van der Waals surface area contributed by atoms with Crippen LogP contribution in [0.3, 0.4) is 0 Å². The Kier molecular flexibility index (Phi) is 4.39. The van der Waals surface area contributed by atoms with Gasteiger partial charge < -0.3 is 4.57 Å². The molecule has 0 bridgehead atoms. The van der Waals surface area contributed by atoms with Gasteiger partial charge in [0.05, 0.1) is 5.75 Å². The molecule has 102 valence electrons. The van der Waals surface area contributed by atoms with Gasteiger partial charge in [0.1, 0.15) is 0 Å². The molecule has 4 nitrogen and oxygen atoms in total. The molecular weight excluding hydrogens is 260 g/mol. The second-order valence-corrected chi connectivity index (χ2v) is 6.49. The van der Waals surface area contributed by atoms with Crippen molar-refractivity contribution in [1.82, 2.24) is 9.29 Å². The number of aryl methyl sites for hydroxylation is 2. The van der Waals surface area contributed by atoms with E-state index in [0.29, 0.717) is 13.0 Å². The summed E-state index contributed by atoms with van der Waals surface area (Å²) in [5.74, 6) is 0.115. The smallest absolute Gasteiger partial charge is 0.212 e. The third kappa shape index (κ3) is 4.54. The van der Waals surface area contributed by atoms with Crippen LogP contribution in [-0.4, -0.2) is 18.7 Å². The van der Waals surface area contributed by atoms with E-state index in [0.717, 1.165) is 11.1 Å². The van der Waals surface area contributed by atoms with Crippen LogP contribution in [0.4, 0.5) is 0 Å². The number of nitrogens with zero attached hydrogens (tertiary/aromatic N) is 1. The Morgan fingerprint density at radius 3 is 2.47 bits per heavy atom. The third-order valence-corrected chi connectivity index (χ3v) is 4.22. The quantitative estimate of drug-likeness (QED) is 0.874. The first-order valence-electron chi connectivity index (χ1n) is 6.17. The minimum absolute atomic E-state index is 0.115. The summed E-state index contributed by atoms with van der Waals surface area (Å²) in [4.78, 5) is 0. The highest BCUT2D eigenvalue weighted by molar-refractivity contribution is 7.89. The lowest BCUT2D eigenvalue weighted by Crippen LogP contribution is -2.26. The van der Waals surface area contributed by atoms with Gasteiger partial charge in [0.2, 0.25) is 10.0 Å². The number of hydrogen-bond acceptors (Lipinski definition) is 2. The van der Waals surface area contributed by atoms with Crippen LogP contribution in [0.5, 0.6) is 0 Å². The van der Waals surface area contributed by atoms with E-state index in [9.17, 15) is 8.42 Å². The van der Waals surface area contributed by atoms with Crippen LogP contribution < -0.4 is 4.72 Å². The van der Waals surface area contributed by atoms with E-state index in [1.165, 1.54) is 0 Å². The molecule has 2 rings (SSSR count). The lowest BCUT2D eigenvalue weighted by Gasteiger charge is -2.05. The Balaban J connectivity index is 1.85. The monoisotopic (exact) mass is 278 g/mol. The van der Waals surface area contributed by atoms with Gasteiger partial charge in [-0.2, -0.15) is 0 Å². The predicted molar refractivity (Wildman–Crippen MR) is 76.2 cm³/mol. The maximum Gasteiger partial charge on any atom is 0.212 e. The van der Waals surface area contributed by atoms with Crippen molar-refractivity contribution in [1.29, 1.82) is 0 Å². The average Bonchev–Trinajstić information content (AvgIpc) is 2.82. The zero-order valence-corrected chi connectivity index (χ0v) is 11.7. The van der Waals surface area contributed by atoms with Gasteiger partial charge in [0, 0.05) is 26.0 Å². The summed E-state index contributed by atoms with van der Waals surface area (Å²) in [5.41, 5.74) is 2.00. The molecule has 0 unspecified atom stereocenters. The molecular formula is C14H18N2O2S. The fraction of sp³-hybridized carbons (Fsp3) is 0.286. The van der Waals surface area contributed by atoms with Crippen LogP contribution in [0.2, 0.25) is 0 Å². The van der Waals surface area contributed by atoms with Crippen molar-refractivity contribution in [3.8, 4) is 0 Å². The van der Waals surface area contributed by atoms with Gasteiger partial charge in [-0.05, 0) is 23.6 Å². The fourth-order valence-electron chi connectivity index (χ4n) is 1.83. The number of rotatable bonds is 6. The number of aromatic nitrogens is 1. The zero-order chi connectivity index (χ0) is 13.7. The first kappa shape index (κ1) is 13.8. The Hall–Kier alpha value is -1.59. The van der Waals surface area contributed by atoms with Crippen molar-refractivity contribution in [2.24, 2.45) is 7.05 Å². The molecule has 0 saturated carbocycles. The average molecular weight is 278 g/mol. The number of nitrogens with one attached hydrogen (secondary N) is 1. The molecule has 0 radical (unpaired) electrons. The zero-order valence-electron chi connectivity index (χ0n) is 10.9. The number of benzene rings is 1. The van der Waals surface area contributed by atoms with E-state index < -0.39 is 10.0 Å². The van der Waals surface area contributed by atoms with Crippen LogP contribution in [-0.2, 0) is 30.0 Å². The Bertz CT molecular complexity index is 618. The summed E-state index contributed by atoms with van der Waals surface area (Å²) in [5, 5.41) is 0. The van der Waals surface area contributed by atoms with Gasteiger partial charge in [-0.25, -0.2) is 13.1 Å². The standard InChI is InChI=1S/C14H18N2O2S/c1-16-9-7-14(12-16)11-15-19(17,18)10-8-13-5-3-2-4-6-13/h2-7,9,12,15H,8,10-11H2,1H3. The van der Waals surface area contributed by atoms with Gasteiger partial charge in [-0.15, -0.1) is 0 Å². The molecule has 0 aliphatic carbocycles. The Labute approximate surface area is 114 Å². The fourth-order valence-corrected chi connectivity index (χ4v) is 2.86. The van der Waals surface area contributed by atoms with Crippen molar-refractivity contribution in [3.05, 3.63) is 59.9 Å². The van der Waals surface area contributed by atoms with E-state index >= 15 is 0 Å².